The summed E-state index contributed by atoms with van der Waals surface area (Å²) in [4.78, 5) is 12.3. The van der Waals surface area contributed by atoms with Crippen molar-refractivity contribution in [1.82, 2.24) is 24.7 Å². The van der Waals surface area contributed by atoms with Crippen molar-refractivity contribution in [2.75, 3.05) is 6.26 Å². The summed E-state index contributed by atoms with van der Waals surface area (Å²) >= 11 is 0. The summed E-state index contributed by atoms with van der Waals surface area (Å²) in [5, 5.41) is 4.49. The first-order chi connectivity index (χ1) is 7.58. The molecule has 0 radical (unpaired) electrons. The molecule has 0 aliphatic carbocycles. The smallest absolute Gasteiger partial charge is 0.220 e. The van der Waals surface area contributed by atoms with E-state index in [0.29, 0.717) is 16.8 Å². The lowest BCUT2D eigenvalue weighted by Crippen LogP contribution is -2.06. The Hall–Kier alpha value is -1.63. The normalized spacial score (nSPS) is 12.7. The van der Waals surface area contributed by atoms with Gasteiger partial charge in [0.05, 0.1) is 10.8 Å². The van der Waals surface area contributed by atoms with Gasteiger partial charge in [-0.2, -0.15) is 4.68 Å². The van der Waals surface area contributed by atoms with Gasteiger partial charge in [-0.1, -0.05) is 0 Å². The van der Waals surface area contributed by atoms with Crippen LogP contribution in [-0.4, -0.2) is 35.2 Å². The van der Waals surface area contributed by atoms with Crippen LogP contribution in [0, 0.1) is 13.8 Å². The monoisotopic (exact) mass is 237 g/mol. The molecule has 7 heteroatoms. The minimum Gasteiger partial charge on any atom is -0.251 e. The first kappa shape index (κ1) is 10.9. The molecule has 0 amide bonds. The molecule has 6 nitrogen and oxygen atoms in total. The predicted molar refractivity (Wildman–Crippen MR) is 58.8 cm³/mol. The van der Waals surface area contributed by atoms with Gasteiger partial charge in [0.15, 0.2) is 5.82 Å². The van der Waals surface area contributed by atoms with Crippen molar-refractivity contribution in [3.63, 3.8) is 0 Å². The minimum atomic E-state index is -1.20. The molecule has 0 saturated carbocycles. The Morgan fingerprint density at radius 2 is 2.06 bits per heavy atom. The molecule has 2 aromatic heterocycles. The Kier molecular flexibility index (Phi) is 2.78. The van der Waals surface area contributed by atoms with Crippen LogP contribution in [0.2, 0.25) is 0 Å². The summed E-state index contributed by atoms with van der Waals surface area (Å²) in [7, 11) is -1.20. The highest BCUT2D eigenvalue weighted by atomic mass is 32.2. The zero-order valence-corrected chi connectivity index (χ0v) is 10.0. The highest BCUT2D eigenvalue weighted by Crippen LogP contribution is 2.07. The lowest BCUT2D eigenvalue weighted by molar-refractivity contribution is 0.677. The van der Waals surface area contributed by atoms with Crippen molar-refractivity contribution in [3.05, 3.63) is 23.9 Å². The van der Waals surface area contributed by atoms with Gasteiger partial charge in [0.1, 0.15) is 11.6 Å². The molecule has 1 unspecified atom stereocenters. The zero-order valence-electron chi connectivity index (χ0n) is 9.21. The second-order valence-corrected chi connectivity index (χ2v) is 4.54. The summed E-state index contributed by atoms with van der Waals surface area (Å²) < 4.78 is 12.9. The second-order valence-electron chi connectivity index (χ2n) is 3.27. The van der Waals surface area contributed by atoms with E-state index in [2.05, 4.69) is 20.1 Å². The molecule has 0 saturated heterocycles. The van der Waals surface area contributed by atoms with Crippen molar-refractivity contribution < 1.29 is 4.21 Å². The number of nitrogens with zero attached hydrogens (tertiary/aromatic N) is 5. The van der Waals surface area contributed by atoms with Crippen molar-refractivity contribution >= 4 is 10.8 Å². The van der Waals surface area contributed by atoms with Crippen LogP contribution in [0.25, 0.3) is 5.82 Å². The van der Waals surface area contributed by atoms with Crippen molar-refractivity contribution in [3.8, 4) is 5.82 Å². The summed E-state index contributed by atoms with van der Waals surface area (Å²) in [6, 6.07) is 1.71. The van der Waals surface area contributed by atoms with Gasteiger partial charge < -0.3 is 0 Å². The number of rotatable bonds is 2. The van der Waals surface area contributed by atoms with Crippen LogP contribution in [0.4, 0.5) is 0 Å². The van der Waals surface area contributed by atoms with E-state index in [-0.39, 0.29) is 0 Å². The van der Waals surface area contributed by atoms with Gasteiger partial charge >= 0.3 is 0 Å². The molecule has 0 aromatic carbocycles. The Bertz CT molecular complexity index is 551. The highest BCUT2D eigenvalue weighted by molar-refractivity contribution is 7.84. The van der Waals surface area contributed by atoms with Crippen LogP contribution in [0.1, 0.15) is 11.6 Å². The van der Waals surface area contributed by atoms with Crippen LogP contribution in [-0.2, 0) is 10.8 Å². The molecule has 16 heavy (non-hydrogen) atoms. The summed E-state index contributed by atoms with van der Waals surface area (Å²) in [5.41, 5.74) is 0. The van der Waals surface area contributed by atoms with Gasteiger partial charge in [-0.05, 0) is 13.8 Å². The minimum absolute atomic E-state index is 0.296. The quantitative estimate of drug-likeness (QED) is 0.707. The third-order valence-corrected chi connectivity index (χ3v) is 2.68. The molecule has 0 N–H and O–H groups in total. The summed E-state index contributed by atoms with van der Waals surface area (Å²) in [6.07, 6.45) is 3.11. The van der Waals surface area contributed by atoms with E-state index in [9.17, 15) is 4.21 Å². The van der Waals surface area contributed by atoms with E-state index >= 15 is 0 Å². The molecule has 2 rings (SSSR count). The largest absolute Gasteiger partial charge is 0.251 e. The van der Waals surface area contributed by atoms with Gasteiger partial charge in [0.25, 0.3) is 0 Å². The molecule has 0 aliphatic rings. The highest BCUT2D eigenvalue weighted by Gasteiger charge is 2.08. The summed E-state index contributed by atoms with van der Waals surface area (Å²) in [6.45, 7) is 3.65. The third-order valence-electron chi connectivity index (χ3n) is 1.97. The zero-order chi connectivity index (χ0) is 11.7. The van der Waals surface area contributed by atoms with Crippen LogP contribution < -0.4 is 0 Å². The van der Waals surface area contributed by atoms with Crippen LogP contribution in [0.15, 0.2) is 17.4 Å². The lowest BCUT2D eigenvalue weighted by atomic mass is 10.5. The first-order valence-electron chi connectivity index (χ1n) is 4.65. The Morgan fingerprint density at radius 1 is 1.31 bits per heavy atom. The van der Waals surface area contributed by atoms with Crippen LogP contribution >= 0.6 is 0 Å². The van der Waals surface area contributed by atoms with E-state index in [4.69, 9.17) is 0 Å². The van der Waals surface area contributed by atoms with Gasteiger partial charge in [0.2, 0.25) is 5.16 Å². The Labute approximate surface area is 95.2 Å². The van der Waals surface area contributed by atoms with E-state index in [1.165, 1.54) is 0 Å². The molecular formula is C9H11N5OS. The van der Waals surface area contributed by atoms with Gasteiger partial charge in [-0.3, -0.25) is 4.21 Å². The van der Waals surface area contributed by atoms with E-state index in [1.54, 1.807) is 23.2 Å². The Balaban J connectivity index is 2.52. The molecule has 0 spiro atoms. The van der Waals surface area contributed by atoms with E-state index < -0.39 is 10.8 Å². The third kappa shape index (κ3) is 1.99. The average molecular weight is 237 g/mol. The van der Waals surface area contributed by atoms with E-state index in [0.717, 1.165) is 5.82 Å². The molecular weight excluding hydrogens is 226 g/mol. The topological polar surface area (TPSA) is 73.6 Å². The maximum atomic E-state index is 11.3. The molecule has 0 bridgehead atoms. The van der Waals surface area contributed by atoms with Crippen LogP contribution in [0.3, 0.4) is 0 Å². The Morgan fingerprint density at radius 3 is 2.62 bits per heavy atom. The molecule has 84 valence electrons. The number of aryl methyl sites for hydroxylation is 2. The van der Waals surface area contributed by atoms with Crippen molar-refractivity contribution in [1.29, 1.82) is 0 Å². The van der Waals surface area contributed by atoms with Gasteiger partial charge in [0, 0.05) is 18.5 Å². The number of hydrogen-bond acceptors (Lipinski definition) is 5. The SMILES string of the molecule is Cc1nc(C)n(-c2ccnc(S(C)=O)n2)n1. The maximum absolute atomic E-state index is 11.3. The molecule has 0 aliphatic heterocycles. The molecule has 2 aromatic rings. The molecule has 0 fully saturated rings. The van der Waals surface area contributed by atoms with E-state index in [1.807, 2.05) is 13.8 Å². The predicted octanol–water partition coefficient (Wildman–Crippen LogP) is 0.412. The van der Waals surface area contributed by atoms with Crippen LogP contribution in [0.5, 0.6) is 0 Å². The standard InChI is InChI=1S/C9H11N5OS/c1-6-11-7(2)14(13-6)8-4-5-10-9(12-8)16(3)15/h4-5H,1-3H3. The van der Waals surface area contributed by atoms with Gasteiger partial charge in [-0.15, -0.1) is 5.10 Å². The van der Waals surface area contributed by atoms with Crippen molar-refractivity contribution in [2.24, 2.45) is 0 Å². The number of hydrogen-bond donors (Lipinski definition) is 0. The van der Waals surface area contributed by atoms with Gasteiger partial charge in [-0.25, -0.2) is 15.0 Å². The second kappa shape index (κ2) is 4.09. The lowest BCUT2D eigenvalue weighted by Gasteiger charge is -2.02. The van der Waals surface area contributed by atoms with Crippen molar-refractivity contribution in [2.45, 2.75) is 19.0 Å². The fraction of sp³-hybridized carbons (Fsp3) is 0.333. The molecule has 2 heterocycles. The summed E-state index contributed by atoms with van der Waals surface area (Å²) in [5.74, 6) is 2.00. The fourth-order valence-electron chi connectivity index (χ4n) is 1.33. The average Bonchev–Trinajstić information content (AvgIpc) is 2.58. The molecule has 1 atom stereocenters. The first-order valence-corrected chi connectivity index (χ1v) is 6.21. The number of aromatic nitrogens is 5. The maximum Gasteiger partial charge on any atom is 0.220 e. The fourth-order valence-corrected chi connectivity index (χ4v) is 1.76.